The predicted molar refractivity (Wildman–Crippen MR) is 110 cm³/mol. The number of hydrogen-bond donors (Lipinski definition) is 1. The van der Waals surface area contributed by atoms with Gasteiger partial charge in [-0.05, 0) is 51.5 Å². The summed E-state index contributed by atoms with van der Waals surface area (Å²) in [6.45, 7) is 5.56. The fourth-order valence-corrected chi connectivity index (χ4v) is 4.67. The van der Waals surface area contributed by atoms with Crippen molar-refractivity contribution in [1.82, 2.24) is 25.1 Å². The Bertz CT molecular complexity index is 728. The standard InChI is InChI=1S/C22H33N5O2/c1-2-4-20-19(13-23-15-24-20)22(29)26-11-8-18(9-12-26)27-10-3-5-16(14-27)21(28)25-17-6-7-17/h13,15-18H,2-12,14H2,1H3,(H,25,28)/t16-/m1/s1. The lowest BCUT2D eigenvalue weighted by atomic mass is 9.93. The van der Waals surface area contributed by atoms with Crippen LogP contribution in [0.3, 0.4) is 0 Å². The van der Waals surface area contributed by atoms with Crippen LogP contribution in [0.15, 0.2) is 12.5 Å². The van der Waals surface area contributed by atoms with Crippen LogP contribution in [0, 0.1) is 5.92 Å². The van der Waals surface area contributed by atoms with Crippen LogP contribution in [-0.2, 0) is 11.2 Å². The summed E-state index contributed by atoms with van der Waals surface area (Å²) < 4.78 is 0. The number of amides is 2. The number of hydrogen-bond acceptors (Lipinski definition) is 5. The SMILES string of the molecule is CCCc1ncncc1C(=O)N1CCC(N2CCC[C@@H](C(=O)NC3CC3)C2)CC1. The molecule has 3 fully saturated rings. The largest absolute Gasteiger partial charge is 0.353 e. The molecule has 0 unspecified atom stereocenters. The Morgan fingerprint density at radius 2 is 1.93 bits per heavy atom. The van der Waals surface area contributed by atoms with Crippen molar-refractivity contribution in [3.05, 3.63) is 23.8 Å². The number of carbonyl (C=O) groups is 2. The Kier molecular flexibility index (Phi) is 6.43. The average molecular weight is 400 g/mol. The molecule has 0 bridgehead atoms. The van der Waals surface area contributed by atoms with E-state index in [2.05, 4.69) is 27.1 Å². The number of nitrogens with one attached hydrogen (secondary N) is 1. The van der Waals surface area contributed by atoms with Gasteiger partial charge in [-0.1, -0.05) is 13.3 Å². The second kappa shape index (κ2) is 9.20. The smallest absolute Gasteiger partial charge is 0.257 e. The number of piperidine rings is 2. The summed E-state index contributed by atoms with van der Waals surface area (Å²) in [4.78, 5) is 38.3. The summed E-state index contributed by atoms with van der Waals surface area (Å²) in [5, 5.41) is 3.17. The van der Waals surface area contributed by atoms with E-state index in [1.165, 1.54) is 6.33 Å². The van der Waals surface area contributed by atoms with Crippen LogP contribution in [0.2, 0.25) is 0 Å². The lowest BCUT2D eigenvalue weighted by Crippen LogP contribution is -2.51. The molecule has 158 valence electrons. The highest BCUT2D eigenvalue weighted by Crippen LogP contribution is 2.26. The van der Waals surface area contributed by atoms with Crippen molar-refractivity contribution in [2.45, 2.75) is 70.4 Å². The molecule has 7 nitrogen and oxygen atoms in total. The Labute approximate surface area is 173 Å². The number of carbonyl (C=O) groups excluding carboxylic acids is 2. The molecule has 7 heteroatoms. The topological polar surface area (TPSA) is 78.4 Å². The van der Waals surface area contributed by atoms with E-state index in [1.807, 2.05) is 4.90 Å². The van der Waals surface area contributed by atoms with E-state index in [4.69, 9.17) is 0 Å². The third-order valence-corrected chi connectivity index (χ3v) is 6.53. The minimum Gasteiger partial charge on any atom is -0.353 e. The van der Waals surface area contributed by atoms with Crippen LogP contribution in [0.25, 0.3) is 0 Å². The van der Waals surface area contributed by atoms with Crippen molar-refractivity contribution in [2.24, 2.45) is 5.92 Å². The molecule has 1 N–H and O–H groups in total. The molecule has 2 amide bonds. The van der Waals surface area contributed by atoms with E-state index in [0.29, 0.717) is 17.6 Å². The van der Waals surface area contributed by atoms with Crippen molar-refractivity contribution in [3.8, 4) is 0 Å². The Morgan fingerprint density at radius 3 is 2.66 bits per heavy atom. The first-order chi connectivity index (χ1) is 14.2. The van der Waals surface area contributed by atoms with Gasteiger partial charge in [0.05, 0.1) is 17.2 Å². The Hall–Kier alpha value is -2.02. The molecule has 0 spiro atoms. The summed E-state index contributed by atoms with van der Waals surface area (Å²) in [7, 11) is 0. The van der Waals surface area contributed by atoms with Gasteiger partial charge in [-0.3, -0.25) is 14.5 Å². The van der Waals surface area contributed by atoms with Gasteiger partial charge in [-0.2, -0.15) is 0 Å². The molecule has 4 rings (SSSR count). The highest BCUT2D eigenvalue weighted by atomic mass is 16.2. The summed E-state index contributed by atoms with van der Waals surface area (Å²) >= 11 is 0. The zero-order valence-corrected chi connectivity index (χ0v) is 17.5. The van der Waals surface area contributed by atoms with Crippen molar-refractivity contribution < 1.29 is 9.59 Å². The summed E-state index contributed by atoms with van der Waals surface area (Å²) in [6, 6.07) is 0.907. The number of aryl methyl sites for hydroxylation is 1. The molecule has 3 aliphatic rings. The molecule has 2 aliphatic heterocycles. The third kappa shape index (κ3) is 4.94. The fraction of sp³-hybridized carbons (Fsp3) is 0.727. The molecule has 1 saturated carbocycles. The third-order valence-electron chi connectivity index (χ3n) is 6.53. The maximum atomic E-state index is 13.0. The molecule has 1 aliphatic carbocycles. The predicted octanol–water partition coefficient (Wildman–Crippen LogP) is 2.02. The molecule has 0 radical (unpaired) electrons. The van der Waals surface area contributed by atoms with E-state index < -0.39 is 0 Å². The highest BCUT2D eigenvalue weighted by molar-refractivity contribution is 5.95. The Morgan fingerprint density at radius 1 is 1.14 bits per heavy atom. The highest BCUT2D eigenvalue weighted by Gasteiger charge is 2.34. The van der Waals surface area contributed by atoms with Crippen molar-refractivity contribution in [2.75, 3.05) is 26.2 Å². The second-order valence-corrected chi connectivity index (χ2v) is 8.77. The monoisotopic (exact) mass is 399 g/mol. The molecule has 3 heterocycles. The molecule has 29 heavy (non-hydrogen) atoms. The zero-order chi connectivity index (χ0) is 20.2. The minimum absolute atomic E-state index is 0.0628. The van der Waals surface area contributed by atoms with Crippen molar-refractivity contribution >= 4 is 11.8 Å². The molecular weight excluding hydrogens is 366 g/mol. The van der Waals surface area contributed by atoms with Crippen molar-refractivity contribution in [3.63, 3.8) is 0 Å². The van der Waals surface area contributed by atoms with E-state index in [0.717, 1.165) is 83.2 Å². The van der Waals surface area contributed by atoms with Gasteiger partial charge in [0.1, 0.15) is 6.33 Å². The molecule has 1 aromatic rings. The van der Waals surface area contributed by atoms with E-state index in [-0.39, 0.29) is 17.7 Å². The number of likely N-dealkylation sites (tertiary alicyclic amines) is 2. The van der Waals surface area contributed by atoms with Gasteiger partial charge in [0, 0.05) is 37.9 Å². The normalized spacial score (nSPS) is 23.8. The van der Waals surface area contributed by atoms with Gasteiger partial charge >= 0.3 is 0 Å². The van der Waals surface area contributed by atoms with Gasteiger partial charge in [0.2, 0.25) is 5.91 Å². The number of aromatic nitrogens is 2. The summed E-state index contributed by atoms with van der Waals surface area (Å²) in [5.41, 5.74) is 1.51. The quantitative estimate of drug-likeness (QED) is 0.792. The maximum absolute atomic E-state index is 13.0. The van der Waals surface area contributed by atoms with E-state index in [1.54, 1.807) is 6.20 Å². The van der Waals surface area contributed by atoms with Crippen molar-refractivity contribution in [1.29, 1.82) is 0 Å². The Balaban J connectivity index is 1.31. The first kappa shape index (κ1) is 20.3. The van der Waals surface area contributed by atoms with Gasteiger partial charge in [0.15, 0.2) is 0 Å². The fourth-order valence-electron chi connectivity index (χ4n) is 4.67. The van der Waals surface area contributed by atoms with Gasteiger partial charge in [0.25, 0.3) is 5.91 Å². The van der Waals surface area contributed by atoms with Gasteiger partial charge in [-0.25, -0.2) is 9.97 Å². The minimum atomic E-state index is 0.0628. The van der Waals surface area contributed by atoms with Crippen LogP contribution in [0.4, 0.5) is 0 Å². The lowest BCUT2D eigenvalue weighted by Gasteiger charge is -2.42. The summed E-state index contributed by atoms with van der Waals surface area (Å²) in [5.74, 6) is 0.437. The molecule has 1 aromatic heterocycles. The van der Waals surface area contributed by atoms with Crippen LogP contribution in [0.1, 0.15) is 67.9 Å². The van der Waals surface area contributed by atoms with Crippen LogP contribution < -0.4 is 5.32 Å². The maximum Gasteiger partial charge on any atom is 0.257 e. The number of rotatable bonds is 6. The van der Waals surface area contributed by atoms with Crippen LogP contribution in [-0.4, -0.2) is 69.8 Å². The zero-order valence-electron chi connectivity index (χ0n) is 17.5. The molecule has 2 saturated heterocycles. The lowest BCUT2D eigenvalue weighted by molar-refractivity contribution is -0.127. The molecule has 0 aromatic carbocycles. The summed E-state index contributed by atoms with van der Waals surface area (Å²) in [6.07, 6.45) is 11.3. The van der Waals surface area contributed by atoms with Crippen LogP contribution in [0.5, 0.6) is 0 Å². The average Bonchev–Trinajstić information content (AvgIpc) is 3.58. The van der Waals surface area contributed by atoms with Crippen LogP contribution >= 0.6 is 0 Å². The first-order valence-electron chi connectivity index (χ1n) is 11.3. The van der Waals surface area contributed by atoms with Gasteiger partial charge < -0.3 is 10.2 Å². The second-order valence-electron chi connectivity index (χ2n) is 8.77. The molecule has 1 atom stereocenters. The van der Waals surface area contributed by atoms with Gasteiger partial charge in [-0.15, -0.1) is 0 Å². The number of nitrogens with zero attached hydrogens (tertiary/aromatic N) is 4. The van der Waals surface area contributed by atoms with E-state index in [9.17, 15) is 9.59 Å². The van der Waals surface area contributed by atoms with E-state index >= 15 is 0 Å². The molecular formula is C22H33N5O2. The first-order valence-corrected chi connectivity index (χ1v) is 11.3.